The number of hydrogen-bond donors (Lipinski definition) is 2. The highest BCUT2D eigenvalue weighted by atomic mass is 32.1. The molecular weight excluding hydrogens is 280 g/mol. The number of rotatable bonds is 6. The van der Waals surface area contributed by atoms with Crippen molar-refractivity contribution in [3.05, 3.63) is 17.0 Å². The molecule has 7 heteroatoms. The molecule has 1 aromatic rings. The van der Waals surface area contributed by atoms with Crippen LogP contribution in [0.3, 0.4) is 0 Å². The Labute approximate surface area is 121 Å². The van der Waals surface area contributed by atoms with Gasteiger partial charge in [-0.15, -0.1) is 11.3 Å². The molecule has 20 heavy (non-hydrogen) atoms. The van der Waals surface area contributed by atoms with E-state index in [1.165, 1.54) is 24.3 Å². The number of anilines is 1. The third-order valence-electron chi connectivity index (χ3n) is 2.84. The van der Waals surface area contributed by atoms with Gasteiger partial charge in [0.25, 0.3) is 11.8 Å². The molecule has 0 aliphatic carbocycles. The molecule has 2 atom stereocenters. The van der Waals surface area contributed by atoms with Gasteiger partial charge in [0.15, 0.2) is 6.10 Å². The highest BCUT2D eigenvalue weighted by Crippen LogP contribution is 2.23. The predicted molar refractivity (Wildman–Crippen MR) is 76.5 cm³/mol. The lowest BCUT2D eigenvalue weighted by Crippen LogP contribution is -2.32. The average Bonchev–Trinajstić information content (AvgIpc) is 2.85. The molecule has 6 nitrogen and oxygen atoms in total. The average molecular weight is 298 g/mol. The second kappa shape index (κ2) is 7.04. The van der Waals surface area contributed by atoms with E-state index in [1.54, 1.807) is 12.3 Å². The van der Waals surface area contributed by atoms with Crippen LogP contribution in [0.5, 0.6) is 0 Å². The molecule has 0 aliphatic rings. The summed E-state index contributed by atoms with van der Waals surface area (Å²) in [6, 6.07) is 1.53. The van der Waals surface area contributed by atoms with Gasteiger partial charge in [-0.05, 0) is 24.8 Å². The standard InChI is InChI=1S/C13H18N2O4S/c1-4-7(2)13(18)19-8(3)11(17)15-12-9(10(14)16)5-6-20-12/h5-8H,4H2,1-3H3,(H2,14,16)(H,15,17). The summed E-state index contributed by atoms with van der Waals surface area (Å²) in [5, 5.41) is 4.54. The Kier molecular flexibility index (Phi) is 5.69. The first-order chi connectivity index (χ1) is 9.36. The molecule has 1 heterocycles. The third-order valence-corrected chi connectivity index (χ3v) is 3.67. The summed E-state index contributed by atoms with van der Waals surface area (Å²) in [7, 11) is 0. The van der Waals surface area contributed by atoms with Crippen LogP contribution in [0.1, 0.15) is 37.6 Å². The molecule has 0 bridgehead atoms. The van der Waals surface area contributed by atoms with Crippen LogP contribution in [-0.4, -0.2) is 23.9 Å². The van der Waals surface area contributed by atoms with E-state index in [0.717, 1.165) is 0 Å². The number of carbonyl (C=O) groups is 3. The highest BCUT2D eigenvalue weighted by molar-refractivity contribution is 7.14. The van der Waals surface area contributed by atoms with Gasteiger partial charge in [-0.25, -0.2) is 0 Å². The summed E-state index contributed by atoms with van der Waals surface area (Å²) in [5.74, 6) is -1.79. The van der Waals surface area contributed by atoms with Crippen molar-refractivity contribution in [2.45, 2.75) is 33.3 Å². The maximum atomic E-state index is 11.9. The minimum Gasteiger partial charge on any atom is -0.452 e. The van der Waals surface area contributed by atoms with E-state index in [2.05, 4.69) is 5.32 Å². The molecule has 0 spiro atoms. The largest absolute Gasteiger partial charge is 0.452 e. The van der Waals surface area contributed by atoms with Gasteiger partial charge >= 0.3 is 5.97 Å². The van der Waals surface area contributed by atoms with Crippen molar-refractivity contribution in [1.82, 2.24) is 0 Å². The van der Waals surface area contributed by atoms with Gasteiger partial charge in [0, 0.05) is 0 Å². The van der Waals surface area contributed by atoms with Crippen LogP contribution in [0.4, 0.5) is 5.00 Å². The van der Waals surface area contributed by atoms with Crippen LogP contribution in [0.2, 0.25) is 0 Å². The molecule has 0 aromatic carbocycles. The summed E-state index contributed by atoms with van der Waals surface area (Å²) in [4.78, 5) is 34.6. The summed E-state index contributed by atoms with van der Waals surface area (Å²) in [6.07, 6.45) is -0.288. The molecule has 0 fully saturated rings. The van der Waals surface area contributed by atoms with Crippen molar-refractivity contribution >= 4 is 34.1 Å². The number of ether oxygens (including phenoxy) is 1. The number of thiophene rings is 1. The van der Waals surface area contributed by atoms with Gasteiger partial charge in [-0.2, -0.15) is 0 Å². The first-order valence-corrected chi connectivity index (χ1v) is 7.13. The maximum Gasteiger partial charge on any atom is 0.309 e. The zero-order valence-electron chi connectivity index (χ0n) is 11.6. The quantitative estimate of drug-likeness (QED) is 0.782. The van der Waals surface area contributed by atoms with Crippen LogP contribution < -0.4 is 11.1 Å². The highest BCUT2D eigenvalue weighted by Gasteiger charge is 2.22. The number of primary amides is 1. The molecule has 3 N–H and O–H groups in total. The van der Waals surface area contributed by atoms with Crippen molar-refractivity contribution in [1.29, 1.82) is 0 Å². The van der Waals surface area contributed by atoms with Gasteiger partial charge in [-0.3, -0.25) is 14.4 Å². The number of hydrogen-bond acceptors (Lipinski definition) is 5. The number of nitrogens with two attached hydrogens (primary N) is 1. The summed E-state index contributed by atoms with van der Waals surface area (Å²) in [6.45, 7) is 5.08. The molecular formula is C13H18N2O4S. The monoisotopic (exact) mass is 298 g/mol. The van der Waals surface area contributed by atoms with Gasteiger partial charge in [0.1, 0.15) is 5.00 Å². The lowest BCUT2D eigenvalue weighted by atomic mass is 10.1. The van der Waals surface area contributed by atoms with Gasteiger partial charge in [0.05, 0.1) is 11.5 Å². The number of amides is 2. The van der Waals surface area contributed by atoms with E-state index in [4.69, 9.17) is 10.5 Å². The first kappa shape index (κ1) is 16.2. The van der Waals surface area contributed by atoms with Crippen molar-refractivity contribution < 1.29 is 19.1 Å². The second-order valence-electron chi connectivity index (χ2n) is 4.41. The predicted octanol–water partition coefficient (Wildman–Crippen LogP) is 1.76. The van der Waals surface area contributed by atoms with E-state index < -0.39 is 23.9 Å². The first-order valence-electron chi connectivity index (χ1n) is 6.25. The zero-order chi connectivity index (χ0) is 15.3. The Balaban J connectivity index is 2.64. The molecule has 0 saturated carbocycles. The van der Waals surface area contributed by atoms with Gasteiger partial charge in [-0.1, -0.05) is 13.8 Å². The van der Waals surface area contributed by atoms with E-state index in [9.17, 15) is 14.4 Å². The molecule has 1 aromatic heterocycles. The molecule has 110 valence electrons. The third kappa shape index (κ3) is 4.06. The van der Waals surface area contributed by atoms with Crippen LogP contribution in [0, 0.1) is 5.92 Å². The Morgan fingerprint density at radius 1 is 1.40 bits per heavy atom. The van der Waals surface area contributed by atoms with E-state index in [0.29, 0.717) is 11.4 Å². The fourth-order valence-corrected chi connectivity index (χ4v) is 2.12. The summed E-state index contributed by atoms with van der Waals surface area (Å²) < 4.78 is 5.05. The van der Waals surface area contributed by atoms with Crippen LogP contribution >= 0.6 is 11.3 Å². The fourth-order valence-electron chi connectivity index (χ4n) is 1.32. The van der Waals surface area contributed by atoms with Crippen molar-refractivity contribution in [2.24, 2.45) is 11.7 Å². The van der Waals surface area contributed by atoms with E-state index in [-0.39, 0.29) is 11.5 Å². The maximum absolute atomic E-state index is 11.9. The van der Waals surface area contributed by atoms with Crippen molar-refractivity contribution in [3.8, 4) is 0 Å². The number of carbonyl (C=O) groups excluding carboxylic acids is 3. The molecule has 0 saturated heterocycles. The minimum absolute atomic E-state index is 0.240. The SMILES string of the molecule is CCC(C)C(=O)OC(C)C(=O)Nc1sccc1C(N)=O. The Bertz CT molecular complexity index is 512. The van der Waals surface area contributed by atoms with Crippen LogP contribution in [0.15, 0.2) is 11.4 Å². The summed E-state index contributed by atoms with van der Waals surface area (Å²) in [5.41, 5.74) is 5.42. The van der Waals surface area contributed by atoms with E-state index >= 15 is 0 Å². The molecule has 1 rings (SSSR count). The molecule has 2 unspecified atom stereocenters. The lowest BCUT2D eigenvalue weighted by Gasteiger charge is -2.15. The summed E-state index contributed by atoms with van der Waals surface area (Å²) >= 11 is 1.18. The number of esters is 1. The van der Waals surface area contributed by atoms with Crippen molar-refractivity contribution in [3.63, 3.8) is 0 Å². The van der Waals surface area contributed by atoms with Crippen LogP contribution in [-0.2, 0) is 14.3 Å². The Morgan fingerprint density at radius 2 is 2.05 bits per heavy atom. The normalized spacial score (nSPS) is 13.3. The topological polar surface area (TPSA) is 98.5 Å². The number of nitrogens with one attached hydrogen (secondary N) is 1. The lowest BCUT2D eigenvalue weighted by molar-refractivity contribution is -0.156. The Morgan fingerprint density at radius 3 is 2.60 bits per heavy atom. The minimum atomic E-state index is -0.931. The van der Waals surface area contributed by atoms with Crippen molar-refractivity contribution in [2.75, 3.05) is 5.32 Å². The zero-order valence-corrected chi connectivity index (χ0v) is 12.5. The van der Waals surface area contributed by atoms with Gasteiger partial charge in [0.2, 0.25) is 0 Å². The van der Waals surface area contributed by atoms with Crippen LogP contribution in [0.25, 0.3) is 0 Å². The molecule has 0 radical (unpaired) electrons. The van der Waals surface area contributed by atoms with Gasteiger partial charge < -0.3 is 15.8 Å². The fraction of sp³-hybridized carbons (Fsp3) is 0.462. The second-order valence-corrected chi connectivity index (χ2v) is 5.32. The smallest absolute Gasteiger partial charge is 0.309 e. The Hall–Kier alpha value is -1.89. The molecule has 2 amide bonds. The molecule has 0 aliphatic heterocycles. The van der Waals surface area contributed by atoms with E-state index in [1.807, 2.05) is 6.92 Å².